The minimum atomic E-state index is -0.354. The molecule has 0 saturated heterocycles. The molecule has 1 aliphatic heterocycles. The first kappa shape index (κ1) is 18.9. The van der Waals surface area contributed by atoms with E-state index in [9.17, 15) is 4.79 Å². The monoisotopic (exact) mass is 425 g/mol. The molecule has 0 atom stereocenters. The molecule has 0 spiro atoms. The van der Waals surface area contributed by atoms with E-state index in [1.54, 1.807) is 12.4 Å². The van der Waals surface area contributed by atoms with Gasteiger partial charge in [-0.15, -0.1) is 0 Å². The molecule has 3 heterocycles. The van der Waals surface area contributed by atoms with Crippen LogP contribution in [0.4, 0.5) is 10.1 Å². The molecule has 32 heavy (non-hydrogen) atoms. The number of benzene rings is 1. The van der Waals surface area contributed by atoms with Crippen molar-refractivity contribution in [2.45, 2.75) is 19.8 Å². The number of rotatable bonds is 2. The molecule has 2 aliphatic carbocycles. The third-order valence-electron chi connectivity index (χ3n) is 6.38. The van der Waals surface area contributed by atoms with Gasteiger partial charge in [-0.1, -0.05) is 0 Å². The van der Waals surface area contributed by atoms with Crippen LogP contribution in [0.2, 0.25) is 0 Å². The molecule has 5 nitrogen and oxygen atoms in total. The number of anilines is 1. The molecule has 0 bridgehead atoms. The van der Waals surface area contributed by atoms with Gasteiger partial charge in [0.1, 0.15) is 12.4 Å². The van der Waals surface area contributed by atoms with Crippen LogP contribution < -0.4 is 10.1 Å². The number of Topliss-reactive ketones (excluding diaryl/α,β-unsaturated/α-hetero) is 1. The Bertz CT molecular complexity index is 1370. The number of carbonyl (C=O) groups excluding carboxylic acids is 1. The van der Waals surface area contributed by atoms with Crippen LogP contribution in [0.5, 0.6) is 5.88 Å². The second-order valence-corrected chi connectivity index (χ2v) is 8.36. The van der Waals surface area contributed by atoms with Crippen molar-refractivity contribution in [3.05, 3.63) is 82.1 Å². The Morgan fingerprint density at radius 1 is 1.22 bits per heavy atom. The number of aromatic nitrogens is 2. The average molecular weight is 425 g/mol. The van der Waals surface area contributed by atoms with Gasteiger partial charge < -0.3 is 10.1 Å². The molecule has 3 aliphatic rings. The van der Waals surface area contributed by atoms with Gasteiger partial charge in [0.05, 0.1) is 5.69 Å². The molecule has 6 heteroatoms. The second-order valence-electron chi connectivity index (χ2n) is 8.36. The zero-order valence-electron chi connectivity index (χ0n) is 17.5. The van der Waals surface area contributed by atoms with Crippen LogP contribution in [-0.4, -0.2) is 28.9 Å². The van der Waals surface area contributed by atoms with Gasteiger partial charge in [-0.3, -0.25) is 9.78 Å². The number of halogens is 1. The fourth-order valence-electron chi connectivity index (χ4n) is 4.84. The number of ketones is 1. The van der Waals surface area contributed by atoms with Crippen LogP contribution in [0, 0.1) is 12.7 Å². The van der Waals surface area contributed by atoms with Crippen LogP contribution in [0.15, 0.2) is 48.4 Å². The van der Waals surface area contributed by atoms with E-state index in [4.69, 9.17) is 4.74 Å². The Morgan fingerprint density at radius 2 is 2.12 bits per heavy atom. The van der Waals surface area contributed by atoms with Gasteiger partial charge in [0.15, 0.2) is 5.78 Å². The molecule has 3 aromatic rings. The maximum atomic E-state index is 15.2. The van der Waals surface area contributed by atoms with E-state index in [0.29, 0.717) is 35.7 Å². The Labute approximate surface area is 184 Å². The third kappa shape index (κ3) is 2.94. The molecule has 0 amide bonds. The summed E-state index contributed by atoms with van der Waals surface area (Å²) in [4.78, 5) is 21.5. The summed E-state index contributed by atoms with van der Waals surface area (Å²) in [5.41, 5.74) is 8.26. The first-order chi connectivity index (χ1) is 15.6. The van der Waals surface area contributed by atoms with E-state index < -0.39 is 0 Å². The van der Waals surface area contributed by atoms with E-state index in [1.165, 1.54) is 11.6 Å². The molecule has 158 valence electrons. The molecule has 1 N–H and O–H groups in total. The summed E-state index contributed by atoms with van der Waals surface area (Å²) in [6, 6.07) is 5.44. The normalized spacial score (nSPS) is 17.4. The quantitative estimate of drug-likeness (QED) is 0.611. The van der Waals surface area contributed by atoms with Crippen molar-refractivity contribution in [1.29, 1.82) is 0 Å². The Kier molecular flexibility index (Phi) is 4.21. The summed E-state index contributed by atoms with van der Waals surface area (Å²) in [7, 11) is 0. The van der Waals surface area contributed by atoms with Crippen LogP contribution in [0.3, 0.4) is 0 Å². The highest BCUT2D eigenvalue weighted by Crippen LogP contribution is 2.41. The maximum absolute atomic E-state index is 15.2. The summed E-state index contributed by atoms with van der Waals surface area (Å²) < 4.78 is 20.7. The lowest BCUT2D eigenvalue weighted by Gasteiger charge is -2.19. The number of pyridine rings is 2. The second kappa shape index (κ2) is 7.12. The van der Waals surface area contributed by atoms with Crippen molar-refractivity contribution < 1.29 is 13.9 Å². The number of ether oxygens (including phenoxy) is 1. The number of hydrogen-bond acceptors (Lipinski definition) is 5. The number of allylic oxidation sites excluding steroid dienone is 3. The van der Waals surface area contributed by atoms with E-state index in [1.807, 2.05) is 31.3 Å². The summed E-state index contributed by atoms with van der Waals surface area (Å²) in [5, 5.41) is 3.27. The van der Waals surface area contributed by atoms with Gasteiger partial charge in [0, 0.05) is 48.3 Å². The first-order valence-electron chi connectivity index (χ1n) is 10.7. The van der Waals surface area contributed by atoms with E-state index in [-0.39, 0.29) is 18.0 Å². The van der Waals surface area contributed by atoms with Crippen LogP contribution in [0.1, 0.15) is 27.8 Å². The molecule has 6 rings (SSSR count). The summed E-state index contributed by atoms with van der Waals surface area (Å²) in [6.07, 6.45) is 10.1. The predicted molar refractivity (Wildman–Crippen MR) is 121 cm³/mol. The maximum Gasteiger partial charge on any atom is 0.237 e. The Morgan fingerprint density at radius 3 is 3.00 bits per heavy atom. The van der Waals surface area contributed by atoms with Crippen LogP contribution in [0.25, 0.3) is 22.8 Å². The van der Waals surface area contributed by atoms with Gasteiger partial charge in [0.2, 0.25) is 5.88 Å². The molecular formula is C26H20FN3O2. The third-order valence-corrected chi connectivity index (χ3v) is 6.38. The van der Waals surface area contributed by atoms with Crippen molar-refractivity contribution in [2.75, 3.05) is 18.5 Å². The van der Waals surface area contributed by atoms with E-state index in [0.717, 1.165) is 39.9 Å². The van der Waals surface area contributed by atoms with Gasteiger partial charge in [-0.05, 0) is 77.1 Å². The lowest BCUT2D eigenvalue weighted by atomic mass is 9.91. The lowest BCUT2D eigenvalue weighted by molar-refractivity contribution is -0.112. The van der Waals surface area contributed by atoms with Crippen molar-refractivity contribution in [3.8, 4) is 17.0 Å². The number of fused-ring (bicyclic) bond motifs is 3. The summed E-state index contributed by atoms with van der Waals surface area (Å²) >= 11 is 0. The van der Waals surface area contributed by atoms with E-state index >= 15 is 4.39 Å². The van der Waals surface area contributed by atoms with Crippen molar-refractivity contribution in [2.24, 2.45) is 0 Å². The average Bonchev–Trinajstić information content (AvgIpc) is 3.37. The first-order valence-corrected chi connectivity index (χ1v) is 10.7. The highest BCUT2D eigenvalue weighted by molar-refractivity contribution is 6.26. The van der Waals surface area contributed by atoms with Gasteiger partial charge in [0.25, 0.3) is 0 Å². The van der Waals surface area contributed by atoms with Crippen molar-refractivity contribution in [1.82, 2.24) is 9.97 Å². The molecule has 0 fully saturated rings. The highest BCUT2D eigenvalue weighted by Gasteiger charge is 2.31. The standard InChI is InChI=1S/C26H20FN3O2/c1-14-19(18-9-23-26(30-13-18)32-5-4-29-23)10-22(27)20-11-24(31)21(25(14)20)8-15-6-16-2-3-28-12-17(16)7-15/h2-3,7-10,12-13,29H,4-6,11H2,1H3/b21-8+. The number of hydrogen-bond donors (Lipinski definition) is 1. The minimum absolute atomic E-state index is 0.0484. The van der Waals surface area contributed by atoms with E-state index in [2.05, 4.69) is 21.4 Å². The Balaban J connectivity index is 1.46. The minimum Gasteiger partial charge on any atom is -0.474 e. The molecule has 2 aromatic heterocycles. The molecule has 1 aromatic carbocycles. The molecule has 0 saturated carbocycles. The zero-order valence-corrected chi connectivity index (χ0v) is 17.5. The van der Waals surface area contributed by atoms with Gasteiger partial charge in [-0.2, -0.15) is 0 Å². The molecule has 0 radical (unpaired) electrons. The topological polar surface area (TPSA) is 64.1 Å². The van der Waals surface area contributed by atoms with Crippen molar-refractivity contribution in [3.63, 3.8) is 0 Å². The zero-order chi connectivity index (χ0) is 21.8. The SMILES string of the molecule is Cc1c(-c2cnc3c(c2)NCCO3)cc(F)c2c1/C(=C/C1=Cc3cnccc3C1)C(=O)C2. The fraction of sp³-hybridized carbons (Fsp3) is 0.192. The van der Waals surface area contributed by atoms with Gasteiger partial charge >= 0.3 is 0 Å². The number of nitrogens with zero attached hydrogens (tertiary/aromatic N) is 2. The fourth-order valence-corrected chi connectivity index (χ4v) is 4.84. The highest BCUT2D eigenvalue weighted by atomic mass is 19.1. The lowest BCUT2D eigenvalue weighted by Crippen LogP contribution is -2.18. The Hall–Kier alpha value is -3.80. The van der Waals surface area contributed by atoms with Crippen LogP contribution >= 0.6 is 0 Å². The van der Waals surface area contributed by atoms with Gasteiger partial charge in [-0.25, -0.2) is 9.37 Å². The molecule has 0 unspecified atom stereocenters. The summed E-state index contributed by atoms with van der Waals surface area (Å²) in [5.74, 6) is 0.150. The molecular weight excluding hydrogens is 405 g/mol. The summed E-state index contributed by atoms with van der Waals surface area (Å²) in [6.45, 7) is 3.22. The predicted octanol–water partition coefficient (Wildman–Crippen LogP) is 4.54. The van der Waals surface area contributed by atoms with Crippen LogP contribution in [-0.2, 0) is 17.6 Å². The smallest absolute Gasteiger partial charge is 0.237 e. The number of nitrogens with one attached hydrogen (secondary N) is 1. The van der Waals surface area contributed by atoms with Crippen molar-refractivity contribution >= 4 is 23.1 Å². The largest absolute Gasteiger partial charge is 0.474 e. The number of carbonyl (C=O) groups is 1.